The molecule has 7 aromatic rings. The van der Waals surface area contributed by atoms with Gasteiger partial charge in [0.05, 0.1) is 0 Å². The van der Waals surface area contributed by atoms with Crippen LogP contribution in [0.15, 0.2) is 170 Å². The first-order valence-electron chi connectivity index (χ1n) is 19.4. The lowest BCUT2D eigenvalue weighted by Gasteiger charge is -2.28. The van der Waals surface area contributed by atoms with E-state index in [1.165, 1.54) is 70.2 Å². The Hall–Kier alpha value is -5.86. The molecule has 8 rings (SSSR count). The minimum Gasteiger partial charge on any atom is -0.311 e. The molecule has 0 heterocycles. The smallest absolute Gasteiger partial charge is 0.0463 e. The van der Waals surface area contributed by atoms with Crippen LogP contribution in [0.3, 0.4) is 0 Å². The minimum atomic E-state index is 1.00. The predicted octanol–water partition coefficient (Wildman–Crippen LogP) is 14.5. The average Bonchev–Trinajstić information content (AvgIpc) is 3.60. The van der Waals surface area contributed by atoms with Crippen molar-refractivity contribution in [3.63, 3.8) is 0 Å². The van der Waals surface area contributed by atoms with Gasteiger partial charge in [-0.3, -0.25) is 0 Å². The van der Waals surface area contributed by atoms with Crippen molar-refractivity contribution in [2.45, 2.75) is 58.8 Å². The Bertz CT molecular complexity index is 2250. The molecule has 0 bridgehead atoms. The highest BCUT2D eigenvalue weighted by Crippen LogP contribution is 2.41. The molecular weight excluding hydrogens is 641 g/mol. The van der Waals surface area contributed by atoms with Crippen molar-refractivity contribution in [2.24, 2.45) is 0 Å². The highest BCUT2D eigenvalue weighted by Gasteiger charge is 2.19. The quantitative estimate of drug-likeness (QED) is 0.119. The van der Waals surface area contributed by atoms with E-state index in [4.69, 9.17) is 0 Å². The van der Waals surface area contributed by atoms with E-state index in [9.17, 15) is 0 Å². The first kappa shape index (κ1) is 34.2. The van der Waals surface area contributed by atoms with Gasteiger partial charge in [-0.1, -0.05) is 124 Å². The lowest BCUT2D eigenvalue weighted by molar-refractivity contribution is 0.795. The fraction of sp³-hybridized carbons (Fsp3) is 0.176. The maximum Gasteiger partial charge on any atom is 0.0463 e. The molecule has 7 aromatic carbocycles. The van der Waals surface area contributed by atoms with Crippen molar-refractivity contribution in [1.29, 1.82) is 0 Å². The van der Waals surface area contributed by atoms with Gasteiger partial charge in [0, 0.05) is 34.1 Å². The molecule has 1 aliphatic rings. The maximum atomic E-state index is 2.38. The summed E-state index contributed by atoms with van der Waals surface area (Å²) in [5.41, 5.74) is 17.7. The Balaban J connectivity index is 1.12. The zero-order chi connectivity index (χ0) is 36.0. The Morgan fingerprint density at radius 3 is 1.32 bits per heavy atom. The molecular formula is C51H48N2. The molecule has 53 heavy (non-hydrogen) atoms. The summed E-state index contributed by atoms with van der Waals surface area (Å²) in [4.78, 5) is 4.73. The van der Waals surface area contributed by atoms with Crippen LogP contribution in [0.1, 0.15) is 61.8 Å². The van der Waals surface area contributed by atoms with Crippen LogP contribution in [-0.4, -0.2) is 0 Å². The van der Waals surface area contributed by atoms with Crippen LogP contribution in [0.25, 0.3) is 22.3 Å². The topological polar surface area (TPSA) is 6.48 Å². The van der Waals surface area contributed by atoms with Crippen molar-refractivity contribution in [1.82, 2.24) is 0 Å². The van der Waals surface area contributed by atoms with Crippen LogP contribution in [0.5, 0.6) is 0 Å². The van der Waals surface area contributed by atoms with Crippen molar-refractivity contribution in [3.05, 3.63) is 192 Å². The Labute approximate surface area is 316 Å². The van der Waals surface area contributed by atoms with E-state index < -0.39 is 0 Å². The largest absolute Gasteiger partial charge is 0.311 e. The van der Waals surface area contributed by atoms with Crippen LogP contribution in [0, 0.1) is 0 Å². The highest BCUT2D eigenvalue weighted by atomic mass is 15.2. The number of nitrogens with zero attached hydrogens (tertiary/aromatic N) is 2. The van der Waals surface area contributed by atoms with Gasteiger partial charge in [-0.15, -0.1) is 0 Å². The molecule has 262 valence electrons. The Kier molecular flexibility index (Phi) is 10.2. The number of unbranched alkanes of at least 4 members (excludes halogenated alkanes) is 2. The molecule has 0 atom stereocenters. The van der Waals surface area contributed by atoms with Crippen molar-refractivity contribution >= 4 is 34.1 Å². The second kappa shape index (κ2) is 15.8. The average molecular weight is 689 g/mol. The van der Waals surface area contributed by atoms with E-state index in [0.29, 0.717) is 0 Å². The summed E-state index contributed by atoms with van der Waals surface area (Å²) in [6.07, 6.45) is 8.07. The molecule has 1 aliphatic carbocycles. The SMILES string of the molecule is CCCCc1ccc(N(c2ccccc2)c2ccc(N(c3ccc(CCCC)cc3)c3ccc(-c4ccc5c(c4)Cc4ccccc4-5)cc3)cc2)cc1. The summed E-state index contributed by atoms with van der Waals surface area (Å²) in [5.74, 6) is 0. The molecule has 0 unspecified atom stereocenters. The summed E-state index contributed by atoms with van der Waals surface area (Å²) < 4.78 is 0. The van der Waals surface area contributed by atoms with Crippen LogP contribution < -0.4 is 9.80 Å². The van der Waals surface area contributed by atoms with Gasteiger partial charge in [-0.05, 0) is 149 Å². The number of benzene rings is 7. The summed E-state index contributed by atoms with van der Waals surface area (Å²) >= 11 is 0. The summed E-state index contributed by atoms with van der Waals surface area (Å²) in [7, 11) is 0. The predicted molar refractivity (Wildman–Crippen MR) is 227 cm³/mol. The van der Waals surface area contributed by atoms with Crippen molar-refractivity contribution in [3.8, 4) is 22.3 Å². The Morgan fingerprint density at radius 1 is 0.377 bits per heavy atom. The summed E-state index contributed by atoms with van der Waals surface area (Å²) in [6, 6.07) is 62.8. The number of hydrogen-bond acceptors (Lipinski definition) is 2. The van der Waals surface area contributed by atoms with E-state index >= 15 is 0 Å². The number of aryl methyl sites for hydroxylation is 2. The van der Waals surface area contributed by atoms with Crippen LogP contribution >= 0.6 is 0 Å². The van der Waals surface area contributed by atoms with E-state index in [2.05, 4.69) is 194 Å². The van der Waals surface area contributed by atoms with Crippen molar-refractivity contribution < 1.29 is 0 Å². The second-order valence-electron chi connectivity index (χ2n) is 14.3. The molecule has 0 spiro atoms. The summed E-state index contributed by atoms with van der Waals surface area (Å²) in [5, 5.41) is 0. The third-order valence-electron chi connectivity index (χ3n) is 10.7. The number of para-hydroxylation sites is 1. The van der Waals surface area contributed by atoms with E-state index in [-0.39, 0.29) is 0 Å². The van der Waals surface area contributed by atoms with Gasteiger partial charge in [0.15, 0.2) is 0 Å². The fourth-order valence-electron chi connectivity index (χ4n) is 7.74. The lowest BCUT2D eigenvalue weighted by atomic mass is 9.99. The van der Waals surface area contributed by atoms with E-state index in [1.807, 2.05) is 0 Å². The molecule has 0 amide bonds. The van der Waals surface area contributed by atoms with Gasteiger partial charge in [0.1, 0.15) is 0 Å². The summed E-state index contributed by atoms with van der Waals surface area (Å²) in [6.45, 7) is 4.51. The number of fused-ring (bicyclic) bond motifs is 3. The molecule has 0 radical (unpaired) electrons. The standard InChI is InChI=1S/C51H48N2/c1-3-5-12-38-18-25-45(26-19-38)52(44-15-8-7-9-16-44)48-31-33-49(34-32-48)53(46-27-20-39(21-28-46)13-6-4-2)47-29-22-40(23-30-47)41-24-35-51-43(36-41)37-42-14-10-11-17-50(42)51/h7-11,14-36H,3-6,12-13,37H2,1-2H3. The second-order valence-corrected chi connectivity index (χ2v) is 14.3. The van der Waals surface area contributed by atoms with Crippen molar-refractivity contribution in [2.75, 3.05) is 9.80 Å². The molecule has 0 N–H and O–H groups in total. The first-order valence-corrected chi connectivity index (χ1v) is 19.4. The Morgan fingerprint density at radius 2 is 0.792 bits per heavy atom. The lowest BCUT2D eigenvalue weighted by Crippen LogP contribution is -2.12. The third kappa shape index (κ3) is 7.41. The molecule has 2 nitrogen and oxygen atoms in total. The van der Waals surface area contributed by atoms with Gasteiger partial charge < -0.3 is 9.80 Å². The van der Waals surface area contributed by atoms with Gasteiger partial charge >= 0.3 is 0 Å². The van der Waals surface area contributed by atoms with Gasteiger partial charge in [0.25, 0.3) is 0 Å². The highest BCUT2D eigenvalue weighted by molar-refractivity contribution is 5.83. The molecule has 0 saturated carbocycles. The maximum absolute atomic E-state index is 2.38. The van der Waals surface area contributed by atoms with E-state index in [1.54, 1.807) is 0 Å². The van der Waals surface area contributed by atoms with Gasteiger partial charge in [-0.25, -0.2) is 0 Å². The zero-order valence-electron chi connectivity index (χ0n) is 31.0. The molecule has 0 fully saturated rings. The van der Waals surface area contributed by atoms with Gasteiger partial charge in [0.2, 0.25) is 0 Å². The number of anilines is 6. The monoisotopic (exact) mass is 688 g/mol. The van der Waals surface area contributed by atoms with Crippen LogP contribution in [-0.2, 0) is 19.3 Å². The first-order chi connectivity index (χ1) is 26.2. The third-order valence-corrected chi connectivity index (χ3v) is 10.7. The number of hydrogen-bond donors (Lipinski definition) is 0. The molecule has 2 heteroatoms. The fourth-order valence-corrected chi connectivity index (χ4v) is 7.74. The minimum absolute atomic E-state index is 1.00. The zero-order valence-corrected chi connectivity index (χ0v) is 31.0. The van der Waals surface area contributed by atoms with E-state index in [0.717, 1.165) is 53.4 Å². The molecule has 0 saturated heterocycles. The molecule has 0 aromatic heterocycles. The number of rotatable bonds is 13. The molecule has 0 aliphatic heterocycles. The van der Waals surface area contributed by atoms with Gasteiger partial charge in [-0.2, -0.15) is 0 Å². The normalized spacial score (nSPS) is 11.6. The van der Waals surface area contributed by atoms with Crippen LogP contribution in [0.2, 0.25) is 0 Å². The van der Waals surface area contributed by atoms with Crippen LogP contribution in [0.4, 0.5) is 34.1 Å².